The molecule has 2 heterocycles. The third-order valence-corrected chi connectivity index (χ3v) is 14.3. The van der Waals surface area contributed by atoms with E-state index in [1.807, 2.05) is 0 Å². The molecule has 14 heteroatoms. The molecule has 2 saturated heterocycles. The van der Waals surface area contributed by atoms with Crippen LogP contribution in [0.1, 0.15) is 96.4 Å². The lowest BCUT2D eigenvalue weighted by Crippen LogP contribution is -2.65. The van der Waals surface area contributed by atoms with E-state index in [1.165, 1.54) is 25.0 Å². The van der Waals surface area contributed by atoms with Gasteiger partial charge in [-0.2, -0.15) is 26.3 Å². The Labute approximate surface area is 316 Å². The van der Waals surface area contributed by atoms with Crippen LogP contribution in [0.3, 0.4) is 0 Å². The van der Waals surface area contributed by atoms with Gasteiger partial charge in [-0.3, -0.25) is 0 Å². The summed E-state index contributed by atoms with van der Waals surface area (Å²) in [5.41, 5.74) is 6.69. The minimum absolute atomic E-state index is 0. The van der Waals surface area contributed by atoms with Crippen molar-refractivity contribution in [3.05, 3.63) is 70.8 Å². The fourth-order valence-corrected chi connectivity index (χ4v) is 10.7. The van der Waals surface area contributed by atoms with Crippen molar-refractivity contribution in [1.29, 1.82) is 0 Å². The lowest BCUT2D eigenvalue weighted by molar-refractivity contribution is -0.199. The summed E-state index contributed by atoms with van der Waals surface area (Å²) < 4.78 is 101. The molecule has 8 fully saturated rings. The summed E-state index contributed by atoms with van der Waals surface area (Å²) in [6.07, 6.45) is -2.94. The van der Waals surface area contributed by atoms with Crippen molar-refractivity contribution >= 4 is 26.6 Å². The first-order valence-corrected chi connectivity index (χ1v) is 18.8. The second kappa shape index (κ2) is 13.7. The lowest BCUT2D eigenvalue weighted by atomic mass is 9.43. The average molecular weight is 770 g/mol. The molecule has 2 aromatic carbocycles. The van der Waals surface area contributed by atoms with Gasteiger partial charge in [0.1, 0.15) is 0 Å². The van der Waals surface area contributed by atoms with Crippen LogP contribution in [0.5, 0.6) is 0 Å². The van der Waals surface area contributed by atoms with Crippen molar-refractivity contribution in [2.24, 2.45) is 40.2 Å². The predicted molar refractivity (Wildman–Crippen MR) is 195 cm³/mol. The highest BCUT2D eigenvalue weighted by Crippen LogP contribution is 2.67. The van der Waals surface area contributed by atoms with Crippen molar-refractivity contribution in [3.8, 4) is 0 Å². The van der Waals surface area contributed by atoms with Crippen LogP contribution in [0.15, 0.2) is 48.5 Å². The summed E-state index contributed by atoms with van der Waals surface area (Å²) in [4.78, 5) is 0. The van der Waals surface area contributed by atoms with E-state index < -0.39 is 36.5 Å². The molecule has 0 amide bonds. The second-order valence-corrected chi connectivity index (χ2v) is 18.1. The molecule has 292 valence electrons. The van der Waals surface area contributed by atoms with Gasteiger partial charge in [0, 0.05) is 5.94 Å². The Morgan fingerprint density at radius 2 is 1.02 bits per heavy atom. The van der Waals surface area contributed by atoms with Gasteiger partial charge in [0.25, 0.3) is 0 Å². The molecule has 6 saturated carbocycles. The summed E-state index contributed by atoms with van der Waals surface area (Å²) in [5.74, 6) is 2.03. The van der Waals surface area contributed by atoms with Gasteiger partial charge in [0.2, 0.25) is 0 Å². The Kier molecular flexibility index (Phi) is 10.6. The first-order chi connectivity index (χ1) is 24.0. The van der Waals surface area contributed by atoms with E-state index in [0.717, 1.165) is 48.2 Å². The molecular formula is C39H52B2ClF6NO4. The van der Waals surface area contributed by atoms with Crippen LogP contribution in [0.4, 0.5) is 26.3 Å². The Bertz CT molecular complexity index is 1510. The number of hydrogen-bond donors (Lipinski definition) is 1. The Hall–Kier alpha value is -1.76. The zero-order chi connectivity index (χ0) is 37.8. The number of rotatable bonds is 6. The number of benzene rings is 2. The lowest BCUT2D eigenvalue weighted by Gasteiger charge is -2.64. The van der Waals surface area contributed by atoms with Gasteiger partial charge in [0.05, 0.1) is 34.5 Å². The molecule has 53 heavy (non-hydrogen) atoms. The van der Waals surface area contributed by atoms with Crippen molar-refractivity contribution in [1.82, 2.24) is 0 Å². The molecule has 8 aliphatic rings. The standard InChI is InChI=1S/C20H26BF3O2.C19H25BF3NO2.ClH/c1-12(9-13-5-7-14(8-6-13)20(22,23)24)21-25-17-11-15-10-16(18(15,2)3)19(17,4)26-21;1-17(2)13-9-14(17)18(3)15(10-13)25-20(26-18)16(24)8-11-4-6-12(7-5-11)19(21,22)23;/h5-8,12,15-17H,9-11H2,1-4H3;4-7,13-16H,8-10,24H2,1-3H3;1H/t12-,15-,16-,17+,19-;13-,14-,15+,16-,18-;/m00./s1. The predicted octanol–water partition coefficient (Wildman–Crippen LogP) is 9.63. The minimum atomic E-state index is -4.32. The van der Waals surface area contributed by atoms with Gasteiger partial charge in [0.15, 0.2) is 0 Å². The summed E-state index contributed by atoms with van der Waals surface area (Å²) in [6, 6.07) is 10.6. The number of nitrogens with two attached hydrogens (primary N) is 1. The maximum atomic E-state index is 12.7. The Morgan fingerprint density at radius 1 is 0.642 bits per heavy atom. The second-order valence-electron chi connectivity index (χ2n) is 18.1. The van der Waals surface area contributed by atoms with Gasteiger partial charge in [-0.15, -0.1) is 12.4 Å². The minimum Gasteiger partial charge on any atom is -0.405 e. The van der Waals surface area contributed by atoms with Gasteiger partial charge in [-0.05, 0) is 128 Å². The van der Waals surface area contributed by atoms with E-state index in [4.69, 9.17) is 24.4 Å². The van der Waals surface area contributed by atoms with Crippen molar-refractivity contribution in [2.75, 3.05) is 0 Å². The molecular weight excluding hydrogens is 717 g/mol. The zero-order valence-electron chi connectivity index (χ0n) is 31.5. The fraction of sp³-hybridized carbons (Fsp3) is 0.692. The van der Waals surface area contributed by atoms with E-state index in [9.17, 15) is 26.3 Å². The highest BCUT2D eigenvalue weighted by Gasteiger charge is 2.69. The van der Waals surface area contributed by atoms with Crippen LogP contribution in [0.2, 0.25) is 5.82 Å². The molecule has 10 rings (SSSR count). The maximum absolute atomic E-state index is 12.7. The molecule has 10 atom stereocenters. The van der Waals surface area contributed by atoms with Crippen LogP contribution in [0, 0.1) is 34.5 Å². The molecule has 0 aromatic heterocycles. The summed E-state index contributed by atoms with van der Waals surface area (Å²) in [7, 11) is -0.801. The van der Waals surface area contributed by atoms with Crippen LogP contribution in [-0.4, -0.2) is 43.6 Å². The quantitative estimate of drug-likeness (QED) is 0.234. The molecule has 2 aliphatic heterocycles. The van der Waals surface area contributed by atoms with E-state index >= 15 is 0 Å². The van der Waals surface area contributed by atoms with E-state index in [1.54, 1.807) is 12.1 Å². The first kappa shape index (κ1) is 40.9. The summed E-state index contributed by atoms with van der Waals surface area (Å²) >= 11 is 0. The Balaban J connectivity index is 0.000000178. The first-order valence-electron chi connectivity index (χ1n) is 18.8. The zero-order valence-corrected chi connectivity index (χ0v) is 32.3. The largest absolute Gasteiger partial charge is 0.475 e. The summed E-state index contributed by atoms with van der Waals surface area (Å²) in [5, 5.41) is 0. The van der Waals surface area contributed by atoms with E-state index in [0.29, 0.717) is 41.9 Å². The van der Waals surface area contributed by atoms with Gasteiger partial charge >= 0.3 is 26.6 Å². The van der Waals surface area contributed by atoms with Crippen LogP contribution in [0.25, 0.3) is 0 Å². The van der Waals surface area contributed by atoms with Gasteiger partial charge < -0.3 is 24.4 Å². The number of hydrogen-bond acceptors (Lipinski definition) is 5. The summed E-state index contributed by atoms with van der Waals surface area (Å²) in [6.45, 7) is 15.6. The molecule has 2 N–H and O–H groups in total. The van der Waals surface area contributed by atoms with Gasteiger partial charge in [-0.25, -0.2) is 0 Å². The van der Waals surface area contributed by atoms with Crippen LogP contribution in [-0.2, 0) is 43.8 Å². The number of halogens is 7. The van der Waals surface area contributed by atoms with Crippen LogP contribution < -0.4 is 5.73 Å². The van der Waals surface area contributed by atoms with Crippen molar-refractivity contribution in [2.45, 2.75) is 135 Å². The number of alkyl halides is 6. The third-order valence-electron chi connectivity index (χ3n) is 14.3. The SMILES string of the molecule is CC1(C)[C@@H]2C[C@H]3OB([C@@H](N)Cc4ccc(C(F)(F)F)cc4)O[C@@]3(C)[C@H]1C2.C[C@@H](Cc1ccc(C(F)(F)F)cc1)B1O[C@@H]2C[C@@H]3C[C@@H](C3(C)C)[C@]2(C)O1.Cl. The molecule has 2 aromatic rings. The fourth-order valence-electron chi connectivity index (χ4n) is 10.7. The maximum Gasteiger partial charge on any atom is 0.475 e. The normalized spacial score (nSPS) is 35.7. The molecule has 0 unspecified atom stereocenters. The average Bonchev–Trinajstić information content (AvgIpc) is 3.61. The molecule has 6 aliphatic carbocycles. The highest BCUT2D eigenvalue weighted by atomic mass is 35.5. The molecule has 4 bridgehead atoms. The monoisotopic (exact) mass is 769 g/mol. The Morgan fingerprint density at radius 3 is 1.42 bits per heavy atom. The molecule has 5 nitrogen and oxygen atoms in total. The van der Waals surface area contributed by atoms with E-state index in [2.05, 4.69) is 48.5 Å². The van der Waals surface area contributed by atoms with E-state index in [-0.39, 0.29) is 54.2 Å². The van der Waals surface area contributed by atoms with Crippen molar-refractivity contribution in [3.63, 3.8) is 0 Å². The highest BCUT2D eigenvalue weighted by molar-refractivity contribution is 6.47. The topological polar surface area (TPSA) is 62.9 Å². The molecule has 0 spiro atoms. The third kappa shape index (κ3) is 7.11. The van der Waals surface area contributed by atoms with Crippen LogP contribution >= 0.6 is 12.4 Å². The van der Waals surface area contributed by atoms with Crippen molar-refractivity contribution < 1.29 is 45.0 Å². The van der Waals surface area contributed by atoms with Gasteiger partial charge in [-0.1, -0.05) is 58.9 Å². The molecule has 0 radical (unpaired) electrons. The smallest absolute Gasteiger partial charge is 0.405 e.